The zero-order valence-corrected chi connectivity index (χ0v) is 18.5. The monoisotopic (exact) mass is 416 g/mol. The summed E-state index contributed by atoms with van der Waals surface area (Å²) in [5.74, 6) is 1.87. The second-order valence-corrected chi connectivity index (χ2v) is 7.87. The Bertz CT molecular complexity index is 679. The molecule has 1 aromatic rings. The maximum atomic E-state index is 12.4. The Morgan fingerprint density at radius 3 is 2.50 bits per heavy atom. The van der Waals surface area contributed by atoms with Crippen LogP contribution in [-0.2, 0) is 11.3 Å². The maximum absolute atomic E-state index is 12.4. The summed E-state index contributed by atoms with van der Waals surface area (Å²) in [6.45, 7) is 12.2. The number of ether oxygens (including phenoxy) is 1. The number of amides is 1. The Morgan fingerprint density at radius 1 is 1.10 bits per heavy atom. The van der Waals surface area contributed by atoms with Crippen molar-refractivity contribution >= 4 is 11.9 Å². The molecule has 0 unspecified atom stereocenters. The fourth-order valence-electron chi connectivity index (χ4n) is 3.76. The molecule has 0 aromatic carbocycles. The minimum atomic E-state index is 0.278. The molecule has 2 aliphatic heterocycles. The number of piperazine rings is 1. The number of hydrogen-bond acceptors (Lipinski definition) is 5. The first kappa shape index (κ1) is 22.3. The Morgan fingerprint density at radius 2 is 1.87 bits per heavy atom. The molecule has 3 rings (SSSR count). The average molecular weight is 417 g/mol. The van der Waals surface area contributed by atoms with Gasteiger partial charge in [-0.2, -0.15) is 0 Å². The number of nitrogens with one attached hydrogen (secondary N) is 1. The molecule has 8 nitrogen and oxygen atoms in total. The van der Waals surface area contributed by atoms with Gasteiger partial charge in [0.15, 0.2) is 5.96 Å². The third-order valence-corrected chi connectivity index (χ3v) is 5.49. The largest absolute Gasteiger partial charge is 0.478 e. The summed E-state index contributed by atoms with van der Waals surface area (Å²) in [6, 6.07) is 3.93. The van der Waals surface area contributed by atoms with E-state index < -0.39 is 0 Å². The van der Waals surface area contributed by atoms with Gasteiger partial charge in [-0.3, -0.25) is 9.69 Å². The molecule has 30 heavy (non-hydrogen) atoms. The highest BCUT2D eigenvalue weighted by Gasteiger charge is 2.24. The Labute approximate surface area is 180 Å². The summed E-state index contributed by atoms with van der Waals surface area (Å²) in [4.78, 5) is 28.1. The van der Waals surface area contributed by atoms with Crippen LogP contribution in [0.15, 0.2) is 23.3 Å². The van der Waals surface area contributed by atoms with Gasteiger partial charge in [0.1, 0.15) is 0 Å². The molecule has 1 aromatic heterocycles. The van der Waals surface area contributed by atoms with E-state index in [-0.39, 0.29) is 5.91 Å². The molecule has 0 aliphatic carbocycles. The fraction of sp³-hybridized carbons (Fsp3) is 0.682. The highest BCUT2D eigenvalue weighted by atomic mass is 16.5. The molecule has 2 saturated heterocycles. The summed E-state index contributed by atoms with van der Waals surface area (Å²) >= 11 is 0. The molecule has 166 valence electrons. The van der Waals surface area contributed by atoms with E-state index in [9.17, 15) is 4.79 Å². The van der Waals surface area contributed by atoms with Crippen LogP contribution < -0.4 is 10.1 Å². The summed E-state index contributed by atoms with van der Waals surface area (Å²) in [5, 5.41) is 3.40. The van der Waals surface area contributed by atoms with Crippen molar-refractivity contribution in [2.24, 2.45) is 4.99 Å². The molecular formula is C22H36N6O2. The zero-order valence-electron chi connectivity index (χ0n) is 18.5. The Kier molecular flexibility index (Phi) is 8.74. The number of pyridine rings is 1. The van der Waals surface area contributed by atoms with Gasteiger partial charge in [0.2, 0.25) is 11.8 Å². The molecule has 0 atom stereocenters. The molecule has 2 fully saturated rings. The van der Waals surface area contributed by atoms with Gasteiger partial charge in [-0.15, -0.1) is 0 Å². The third-order valence-electron chi connectivity index (χ3n) is 5.49. The SMILES string of the molecule is CCCOc1ccc(CN=C(NCC)N2CCN(CC(=O)N3CCCC3)CC2)cn1. The second-order valence-electron chi connectivity index (χ2n) is 7.87. The van der Waals surface area contributed by atoms with Crippen molar-refractivity contribution < 1.29 is 9.53 Å². The first-order valence-electron chi connectivity index (χ1n) is 11.3. The van der Waals surface area contributed by atoms with Crippen LogP contribution in [0, 0.1) is 0 Å². The average Bonchev–Trinajstić information content (AvgIpc) is 3.32. The van der Waals surface area contributed by atoms with E-state index in [1.54, 1.807) is 0 Å². The molecular weight excluding hydrogens is 380 g/mol. The number of aliphatic imine (C=N–C) groups is 1. The van der Waals surface area contributed by atoms with E-state index in [2.05, 4.69) is 33.9 Å². The van der Waals surface area contributed by atoms with Crippen LogP contribution in [0.1, 0.15) is 38.7 Å². The number of hydrogen-bond donors (Lipinski definition) is 1. The molecule has 1 amide bonds. The van der Waals surface area contributed by atoms with Crippen LogP contribution in [0.5, 0.6) is 5.88 Å². The highest BCUT2D eigenvalue weighted by molar-refractivity contribution is 5.80. The number of rotatable bonds is 8. The van der Waals surface area contributed by atoms with Gasteiger partial charge in [0.25, 0.3) is 0 Å². The van der Waals surface area contributed by atoms with Crippen molar-refractivity contribution in [2.45, 2.75) is 39.7 Å². The standard InChI is InChI=1S/C22H36N6O2/c1-3-15-30-20-8-7-19(16-24-20)17-25-22(23-4-2)28-13-11-26(12-14-28)18-21(29)27-9-5-6-10-27/h7-8,16H,3-6,9-15,17-18H2,1-2H3,(H,23,25). The van der Waals surface area contributed by atoms with E-state index in [4.69, 9.17) is 9.73 Å². The Balaban J connectivity index is 1.49. The first-order valence-corrected chi connectivity index (χ1v) is 11.3. The predicted molar refractivity (Wildman–Crippen MR) is 119 cm³/mol. The predicted octanol–water partition coefficient (Wildman–Crippen LogP) is 1.58. The number of likely N-dealkylation sites (tertiary alicyclic amines) is 1. The molecule has 2 aliphatic rings. The molecule has 0 radical (unpaired) electrons. The number of aromatic nitrogens is 1. The first-order chi connectivity index (χ1) is 14.7. The van der Waals surface area contributed by atoms with Crippen molar-refractivity contribution in [2.75, 3.05) is 59.0 Å². The molecule has 3 heterocycles. The molecule has 0 saturated carbocycles. The maximum Gasteiger partial charge on any atom is 0.236 e. The number of carbonyl (C=O) groups excluding carboxylic acids is 1. The van der Waals surface area contributed by atoms with Gasteiger partial charge in [-0.05, 0) is 31.7 Å². The smallest absolute Gasteiger partial charge is 0.236 e. The van der Waals surface area contributed by atoms with Gasteiger partial charge < -0.3 is 19.9 Å². The van der Waals surface area contributed by atoms with Crippen LogP contribution >= 0.6 is 0 Å². The summed E-state index contributed by atoms with van der Waals surface area (Å²) in [6.07, 6.45) is 5.09. The fourth-order valence-corrected chi connectivity index (χ4v) is 3.76. The lowest BCUT2D eigenvalue weighted by Gasteiger charge is -2.36. The van der Waals surface area contributed by atoms with Crippen LogP contribution in [-0.4, -0.2) is 90.5 Å². The zero-order chi connectivity index (χ0) is 21.2. The number of carbonyl (C=O) groups is 1. The van der Waals surface area contributed by atoms with E-state index in [1.807, 2.05) is 23.2 Å². The minimum Gasteiger partial charge on any atom is -0.478 e. The van der Waals surface area contributed by atoms with E-state index in [1.165, 1.54) is 0 Å². The lowest BCUT2D eigenvalue weighted by molar-refractivity contribution is -0.131. The van der Waals surface area contributed by atoms with Gasteiger partial charge in [0, 0.05) is 58.1 Å². The summed E-state index contributed by atoms with van der Waals surface area (Å²) in [5.41, 5.74) is 1.06. The van der Waals surface area contributed by atoms with Gasteiger partial charge >= 0.3 is 0 Å². The van der Waals surface area contributed by atoms with E-state index in [0.717, 1.165) is 76.6 Å². The van der Waals surface area contributed by atoms with Gasteiger partial charge in [-0.25, -0.2) is 9.98 Å². The lowest BCUT2D eigenvalue weighted by atomic mass is 10.3. The summed E-state index contributed by atoms with van der Waals surface area (Å²) in [7, 11) is 0. The number of nitrogens with zero attached hydrogens (tertiary/aromatic N) is 5. The van der Waals surface area contributed by atoms with Crippen molar-refractivity contribution in [1.29, 1.82) is 0 Å². The second kappa shape index (κ2) is 11.7. The lowest BCUT2D eigenvalue weighted by Crippen LogP contribution is -2.54. The minimum absolute atomic E-state index is 0.278. The molecule has 1 N–H and O–H groups in total. The molecule has 8 heteroatoms. The number of guanidine groups is 1. The van der Waals surface area contributed by atoms with Crippen molar-refractivity contribution in [3.05, 3.63) is 23.9 Å². The highest BCUT2D eigenvalue weighted by Crippen LogP contribution is 2.11. The van der Waals surface area contributed by atoms with Crippen LogP contribution in [0.3, 0.4) is 0 Å². The van der Waals surface area contributed by atoms with E-state index >= 15 is 0 Å². The van der Waals surface area contributed by atoms with Gasteiger partial charge in [0.05, 0.1) is 19.7 Å². The van der Waals surface area contributed by atoms with E-state index in [0.29, 0.717) is 25.6 Å². The normalized spacial score (nSPS) is 18.0. The van der Waals surface area contributed by atoms with Crippen LogP contribution in [0.4, 0.5) is 0 Å². The molecule has 0 bridgehead atoms. The van der Waals surface area contributed by atoms with Crippen LogP contribution in [0.2, 0.25) is 0 Å². The third kappa shape index (κ3) is 6.58. The van der Waals surface area contributed by atoms with Gasteiger partial charge in [-0.1, -0.05) is 13.0 Å². The van der Waals surface area contributed by atoms with Crippen LogP contribution in [0.25, 0.3) is 0 Å². The quantitative estimate of drug-likeness (QED) is 0.512. The Hall–Kier alpha value is -2.35. The molecule has 0 spiro atoms. The summed E-state index contributed by atoms with van der Waals surface area (Å²) < 4.78 is 5.54. The van der Waals surface area contributed by atoms with Crippen molar-refractivity contribution in [1.82, 2.24) is 25.0 Å². The van der Waals surface area contributed by atoms with Crippen molar-refractivity contribution in [3.8, 4) is 5.88 Å². The topological polar surface area (TPSA) is 73.3 Å². The van der Waals surface area contributed by atoms with Crippen molar-refractivity contribution in [3.63, 3.8) is 0 Å².